The molecule has 2 N–H and O–H groups in total. The molecule has 132 valence electrons. The van der Waals surface area contributed by atoms with E-state index in [9.17, 15) is 9.59 Å². The summed E-state index contributed by atoms with van der Waals surface area (Å²) < 4.78 is 5.71. The first-order chi connectivity index (χ1) is 12.1. The van der Waals surface area contributed by atoms with E-state index in [2.05, 4.69) is 0 Å². The number of nitrogens with zero attached hydrogens (tertiary/aromatic N) is 1. The van der Waals surface area contributed by atoms with E-state index in [1.165, 1.54) is 0 Å². The summed E-state index contributed by atoms with van der Waals surface area (Å²) in [6.45, 7) is 2.53. The number of hydrogen-bond acceptors (Lipinski definition) is 3. The quantitative estimate of drug-likeness (QED) is 0.762. The van der Waals surface area contributed by atoms with Gasteiger partial charge in [-0.3, -0.25) is 9.59 Å². The van der Waals surface area contributed by atoms with Crippen molar-refractivity contribution in [1.29, 1.82) is 0 Å². The highest BCUT2D eigenvalue weighted by Crippen LogP contribution is 2.13. The molecule has 0 spiro atoms. The molecule has 0 aliphatic heterocycles. The molecular weight excluding hydrogens is 316 g/mol. The lowest BCUT2D eigenvalue weighted by Gasteiger charge is -2.26. The zero-order valence-corrected chi connectivity index (χ0v) is 14.4. The molecule has 0 saturated carbocycles. The Labute approximate surface area is 148 Å². The van der Waals surface area contributed by atoms with Gasteiger partial charge in [0.15, 0.2) is 6.10 Å². The first-order valence-corrected chi connectivity index (χ1v) is 8.39. The number of amides is 2. The first-order valence-electron chi connectivity index (χ1n) is 8.39. The number of primary amides is 1. The van der Waals surface area contributed by atoms with Crippen LogP contribution in [0.1, 0.15) is 18.9 Å². The predicted molar refractivity (Wildman–Crippen MR) is 97.1 cm³/mol. The van der Waals surface area contributed by atoms with Gasteiger partial charge in [0.1, 0.15) is 5.75 Å². The summed E-state index contributed by atoms with van der Waals surface area (Å²) in [6.07, 6.45) is 0.216. The van der Waals surface area contributed by atoms with Gasteiger partial charge in [-0.2, -0.15) is 0 Å². The van der Waals surface area contributed by atoms with Crippen molar-refractivity contribution in [2.24, 2.45) is 5.73 Å². The van der Waals surface area contributed by atoms with Gasteiger partial charge in [-0.25, -0.2) is 0 Å². The van der Waals surface area contributed by atoms with Crippen molar-refractivity contribution in [1.82, 2.24) is 4.90 Å². The van der Waals surface area contributed by atoms with Crippen LogP contribution < -0.4 is 10.5 Å². The summed E-state index contributed by atoms with van der Waals surface area (Å²) in [5, 5.41) is 0. The average Bonchev–Trinajstić information content (AvgIpc) is 2.62. The molecule has 2 aromatic rings. The fourth-order valence-electron chi connectivity index (χ4n) is 2.50. The second-order valence-electron chi connectivity index (χ2n) is 5.85. The summed E-state index contributed by atoms with van der Waals surface area (Å²) in [6, 6.07) is 19.1. The molecule has 0 aliphatic carbocycles. The van der Waals surface area contributed by atoms with E-state index in [0.717, 1.165) is 5.56 Å². The van der Waals surface area contributed by atoms with E-state index in [-0.39, 0.29) is 12.3 Å². The van der Waals surface area contributed by atoms with Crippen LogP contribution in [0.15, 0.2) is 60.7 Å². The molecule has 2 rings (SSSR count). The largest absolute Gasteiger partial charge is 0.481 e. The van der Waals surface area contributed by atoms with E-state index in [4.69, 9.17) is 10.5 Å². The van der Waals surface area contributed by atoms with Gasteiger partial charge in [0.05, 0.1) is 0 Å². The van der Waals surface area contributed by atoms with Gasteiger partial charge in [0, 0.05) is 19.5 Å². The van der Waals surface area contributed by atoms with Crippen molar-refractivity contribution in [2.75, 3.05) is 13.1 Å². The average molecular weight is 340 g/mol. The summed E-state index contributed by atoms with van der Waals surface area (Å²) in [5.41, 5.74) is 6.37. The Morgan fingerprint density at radius 3 is 2.20 bits per heavy atom. The summed E-state index contributed by atoms with van der Waals surface area (Å²) in [5.74, 6) is 0.0661. The van der Waals surface area contributed by atoms with Crippen molar-refractivity contribution >= 4 is 11.8 Å². The van der Waals surface area contributed by atoms with E-state index < -0.39 is 12.0 Å². The summed E-state index contributed by atoms with van der Waals surface area (Å²) in [4.78, 5) is 25.5. The van der Waals surface area contributed by atoms with Gasteiger partial charge < -0.3 is 15.4 Å². The van der Waals surface area contributed by atoms with Gasteiger partial charge in [-0.1, -0.05) is 48.5 Å². The minimum Gasteiger partial charge on any atom is -0.481 e. The monoisotopic (exact) mass is 340 g/mol. The SMILES string of the molecule is CC(Oc1ccccc1)C(=O)N(CCC(N)=O)CCc1ccccc1. The van der Waals surface area contributed by atoms with Gasteiger partial charge in [0.25, 0.3) is 5.91 Å². The molecule has 1 atom stereocenters. The summed E-state index contributed by atoms with van der Waals surface area (Å²) in [7, 11) is 0. The van der Waals surface area contributed by atoms with Crippen LogP contribution in [0.25, 0.3) is 0 Å². The van der Waals surface area contributed by atoms with Crippen LogP contribution in [0, 0.1) is 0 Å². The Hall–Kier alpha value is -2.82. The highest BCUT2D eigenvalue weighted by molar-refractivity contribution is 5.82. The van der Waals surface area contributed by atoms with Crippen molar-refractivity contribution in [2.45, 2.75) is 25.9 Å². The van der Waals surface area contributed by atoms with Crippen LogP contribution in [0.2, 0.25) is 0 Å². The molecule has 25 heavy (non-hydrogen) atoms. The molecule has 0 saturated heterocycles. The Bertz CT molecular complexity index is 674. The molecule has 0 bridgehead atoms. The minimum absolute atomic E-state index is 0.137. The third kappa shape index (κ3) is 6.30. The van der Waals surface area contributed by atoms with E-state index in [1.807, 2.05) is 60.7 Å². The zero-order chi connectivity index (χ0) is 18.1. The first kappa shape index (κ1) is 18.5. The van der Waals surface area contributed by atoms with Crippen molar-refractivity contribution in [3.8, 4) is 5.75 Å². The number of rotatable bonds is 9. The third-order valence-corrected chi connectivity index (χ3v) is 3.86. The van der Waals surface area contributed by atoms with Crippen molar-refractivity contribution in [3.63, 3.8) is 0 Å². The second kappa shape index (κ2) is 9.47. The van der Waals surface area contributed by atoms with Crippen molar-refractivity contribution < 1.29 is 14.3 Å². The van der Waals surface area contributed by atoms with E-state index in [0.29, 0.717) is 25.3 Å². The Balaban J connectivity index is 1.99. The molecule has 0 radical (unpaired) electrons. The van der Waals surface area contributed by atoms with Crippen LogP contribution in [-0.2, 0) is 16.0 Å². The second-order valence-corrected chi connectivity index (χ2v) is 5.85. The maximum atomic E-state index is 12.7. The van der Waals surface area contributed by atoms with Crippen LogP contribution in [0.4, 0.5) is 0 Å². The highest BCUT2D eigenvalue weighted by atomic mass is 16.5. The number of nitrogens with two attached hydrogens (primary N) is 1. The normalized spacial score (nSPS) is 11.6. The number of benzene rings is 2. The lowest BCUT2D eigenvalue weighted by atomic mass is 10.1. The lowest BCUT2D eigenvalue weighted by molar-refractivity contribution is -0.138. The fraction of sp³-hybridized carbons (Fsp3) is 0.300. The van der Waals surface area contributed by atoms with Crippen LogP contribution in [-0.4, -0.2) is 35.9 Å². The number of carbonyl (C=O) groups is 2. The Morgan fingerprint density at radius 1 is 1.00 bits per heavy atom. The smallest absolute Gasteiger partial charge is 0.263 e. The van der Waals surface area contributed by atoms with Crippen LogP contribution in [0.3, 0.4) is 0 Å². The maximum Gasteiger partial charge on any atom is 0.263 e. The summed E-state index contributed by atoms with van der Waals surface area (Å²) >= 11 is 0. The van der Waals surface area contributed by atoms with Crippen LogP contribution in [0.5, 0.6) is 5.75 Å². The number of hydrogen-bond donors (Lipinski definition) is 1. The lowest BCUT2D eigenvalue weighted by Crippen LogP contribution is -2.43. The van der Waals surface area contributed by atoms with Gasteiger partial charge in [-0.15, -0.1) is 0 Å². The molecule has 0 aromatic heterocycles. The molecule has 2 aromatic carbocycles. The topological polar surface area (TPSA) is 72.6 Å². The standard InChI is InChI=1S/C20H24N2O3/c1-16(25-18-10-6-3-7-11-18)20(24)22(15-13-19(21)23)14-12-17-8-4-2-5-9-17/h2-11,16H,12-15H2,1H3,(H2,21,23). The number of carbonyl (C=O) groups excluding carboxylic acids is 2. The number of ether oxygens (including phenoxy) is 1. The Morgan fingerprint density at radius 2 is 1.60 bits per heavy atom. The third-order valence-electron chi connectivity index (χ3n) is 3.86. The zero-order valence-electron chi connectivity index (χ0n) is 14.4. The van der Waals surface area contributed by atoms with Crippen molar-refractivity contribution in [3.05, 3.63) is 66.2 Å². The minimum atomic E-state index is -0.633. The molecular formula is C20H24N2O3. The van der Waals surface area contributed by atoms with Gasteiger partial charge in [0.2, 0.25) is 5.91 Å². The highest BCUT2D eigenvalue weighted by Gasteiger charge is 2.22. The molecule has 5 heteroatoms. The van der Waals surface area contributed by atoms with E-state index >= 15 is 0 Å². The van der Waals surface area contributed by atoms with Gasteiger partial charge >= 0.3 is 0 Å². The molecule has 2 amide bonds. The van der Waals surface area contributed by atoms with E-state index in [1.54, 1.807) is 11.8 Å². The molecule has 0 fully saturated rings. The molecule has 5 nitrogen and oxygen atoms in total. The van der Waals surface area contributed by atoms with Crippen LogP contribution >= 0.6 is 0 Å². The molecule has 0 heterocycles. The molecule has 0 aliphatic rings. The molecule has 1 unspecified atom stereocenters. The Kier molecular flexibility index (Phi) is 7.01. The number of para-hydroxylation sites is 1. The predicted octanol–water partition coefficient (Wildman–Crippen LogP) is 2.40. The fourth-order valence-corrected chi connectivity index (χ4v) is 2.50. The maximum absolute atomic E-state index is 12.7. The van der Waals surface area contributed by atoms with Gasteiger partial charge in [-0.05, 0) is 31.0 Å².